The fourth-order valence-electron chi connectivity index (χ4n) is 2.04. The molecule has 0 unspecified atom stereocenters. The maximum Gasteiger partial charge on any atom is 0.240 e. The molecule has 0 aliphatic rings. The molecular formula is C14H12FN3O2S. The third-order valence-electron chi connectivity index (χ3n) is 3.11. The van der Waals surface area contributed by atoms with E-state index in [0.29, 0.717) is 11.1 Å². The van der Waals surface area contributed by atoms with Gasteiger partial charge in [-0.15, -0.1) is 0 Å². The summed E-state index contributed by atoms with van der Waals surface area (Å²) >= 11 is 0. The fraction of sp³-hybridized carbons (Fsp3) is 0.0714. The van der Waals surface area contributed by atoms with Crippen LogP contribution in [0.1, 0.15) is 5.69 Å². The van der Waals surface area contributed by atoms with Crippen LogP contribution in [-0.2, 0) is 16.6 Å². The lowest BCUT2D eigenvalue weighted by molar-refractivity contribution is 0.580. The second kappa shape index (κ2) is 5.27. The highest BCUT2D eigenvalue weighted by Crippen LogP contribution is 2.19. The topological polar surface area (TPSA) is 74.8 Å². The van der Waals surface area contributed by atoms with Gasteiger partial charge in [0, 0.05) is 5.39 Å². The van der Waals surface area contributed by atoms with E-state index in [1.165, 1.54) is 18.2 Å². The molecule has 3 aromatic rings. The Labute approximate surface area is 120 Å². The summed E-state index contributed by atoms with van der Waals surface area (Å²) in [6, 6.07) is 12.6. The Morgan fingerprint density at radius 3 is 2.62 bits per heavy atom. The van der Waals surface area contributed by atoms with Crippen molar-refractivity contribution < 1.29 is 12.8 Å². The molecule has 0 aliphatic heterocycles. The quantitative estimate of drug-likeness (QED) is 0.776. The van der Waals surface area contributed by atoms with Crippen molar-refractivity contribution in [2.75, 3.05) is 0 Å². The zero-order valence-corrected chi connectivity index (χ0v) is 11.7. The second-order valence-corrected chi connectivity index (χ2v) is 6.24. The third kappa shape index (κ3) is 2.65. The van der Waals surface area contributed by atoms with Crippen molar-refractivity contribution in [1.82, 2.24) is 14.9 Å². The van der Waals surface area contributed by atoms with Crippen LogP contribution >= 0.6 is 0 Å². The molecule has 0 fully saturated rings. The lowest BCUT2D eigenvalue weighted by Gasteiger charge is -2.05. The lowest BCUT2D eigenvalue weighted by Crippen LogP contribution is -2.23. The van der Waals surface area contributed by atoms with Gasteiger partial charge >= 0.3 is 0 Å². The number of aromatic amines is 1. The summed E-state index contributed by atoms with van der Waals surface area (Å²) in [5, 5.41) is 7.08. The molecule has 108 valence electrons. The summed E-state index contributed by atoms with van der Waals surface area (Å²) in [5.74, 6) is -0.444. The van der Waals surface area contributed by atoms with E-state index in [0.717, 1.165) is 0 Å². The van der Waals surface area contributed by atoms with Crippen LogP contribution in [0.2, 0.25) is 0 Å². The van der Waals surface area contributed by atoms with Gasteiger partial charge in [-0.25, -0.2) is 17.5 Å². The van der Waals surface area contributed by atoms with Crippen molar-refractivity contribution in [3.8, 4) is 0 Å². The van der Waals surface area contributed by atoms with Crippen LogP contribution < -0.4 is 4.72 Å². The standard InChI is InChI=1S/C14H12FN3O2S/c15-12-8-4-7-11-13(17-18-14(11)12)9-16-21(19,20)10-5-2-1-3-6-10/h1-8,16H,9H2,(H,17,18). The number of hydrogen-bond donors (Lipinski definition) is 2. The molecule has 5 nitrogen and oxygen atoms in total. The van der Waals surface area contributed by atoms with Crippen LogP contribution in [0.5, 0.6) is 0 Å². The number of nitrogens with one attached hydrogen (secondary N) is 2. The number of H-pyrrole nitrogens is 1. The molecule has 0 spiro atoms. The van der Waals surface area contributed by atoms with Gasteiger partial charge in [0.25, 0.3) is 0 Å². The van der Waals surface area contributed by atoms with Gasteiger partial charge in [0.2, 0.25) is 10.0 Å². The molecule has 7 heteroatoms. The first-order valence-corrected chi connectivity index (χ1v) is 7.72. The first-order chi connectivity index (χ1) is 10.1. The number of nitrogens with zero attached hydrogens (tertiary/aromatic N) is 1. The number of rotatable bonds is 4. The Hall–Kier alpha value is -2.25. The van der Waals surface area contributed by atoms with E-state index >= 15 is 0 Å². The molecule has 3 rings (SSSR count). The SMILES string of the molecule is O=S(=O)(NCc1[nH]nc2c(F)cccc12)c1ccccc1. The van der Waals surface area contributed by atoms with Gasteiger partial charge in [-0.2, -0.15) is 5.10 Å². The molecule has 0 amide bonds. The number of sulfonamides is 1. The molecular weight excluding hydrogens is 293 g/mol. The fourth-order valence-corrected chi connectivity index (χ4v) is 3.06. The highest BCUT2D eigenvalue weighted by atomic mass is 32.2. The van der Waals surface area contributed by atoms with E-state index < -0.39 is 15.8 Å². The maximum atomic E-state index is 13.5. The largest absolute Gasteiger partial charge is 0.280 e. The molecule has 0 bridgehead atoms. The Bertz CT molecular complexity index is 876. The highest BCUT2D eigenvalue weighted by Gasteiger charge is 2.15. The Morgan fingerprint density at radius 1 is 1.10 bits per heavy atom. The van der Waals surface area contributed by atoms with E-state index in [2.05, 4.69) is 14.9 Å². The number of para-hydroxylation sites is 1. The number of aromatic nitrogens is 2. The summed E-state index contributed by atoms with van der Waals surface area (Å²) in [6.07, 6.45) is 0. The van der Waals surface area contributed by atoms with Gasteiger partial charge < -0.3 is 0 Å². The predicted octanol–water partition coefficient (Wildman–Crippen LogP) is 2.18. The van der Waals surface area contributed by atoms with Crippen molar-refractivity contribution in [2.24, 2.45) is 0 Å². The van der Waals surface area contributed by atoms with Gasteiger partial charge in [-0.05, 0) is 18.2 Å². The Balaban J connectivity index is 1.86. The highest BCUT2D eigenvalue weighted by molar-refractivity contribution is 7.89. The second-order valence-electron chi connectivity index (χ2n) is 4.48. The molecule has 2 N–H and O–H groups in total. The minimum Gasteiger partial charge on any atom is -0.280 e. The van der Waals surface area contributed by atoms with E-state index in [4.69, 9.17) is 0 Å². The summed E-state index contributed by atoms with van der Waals surface area (Å²) in [7, 11) is -3.61. The van der Waals surface area contributed by atoms with Crippen LogP contribution in [0, 0.1) is 5.82 Å². The molecule has 1 heterocycles. The molecule has 0 saturated heterocycles. The first kappa shape index (κ1) is 13.7. The van der Waals surface area contributed by atoms with Gasteiger partial charge in [-0.1, -0.05) is 30.3 Å². The van der Waals surface area contributed by atoms with E-state index in [9.17, 15) is 12.8 Å². The van der Waals surface area contributed by atoms with E-state index in [-0.39, 0.29) is 17.0 Å². The van der Waals surface area contributed by atoms with Gasteiger partial charge in [-0.3, -0.25) is 5.10 Å². The zero-order chi connectivity index (χ0) is 14.9. The molecule has 2 aromatic carbocycles. The smallest absolute Gasteiger partial charge is 0.240 e. The van der Waals surface area contributed by atoms with Crippen LogP contribution in [0.25, 0.3) is 10.9 Å². The number of hydrogen-bond acceptors (Lipinski definition) is 3. The third-order valence-corrected chi connectivity index (χ3v) is 4.52. The van der Waals surface area contributed by atoms with Gasteiger partial charge in [0.05, 0.1) is 17.1 Å². The molecule has 0 radical (unpaired) electrons. The van der Waals surface area contributed by atoms with Gasteiger partial charge in [0.1, 0.15) is 5.52 Å². The molecule has 1 aromatic heterocycles. The Kier molecular flexibility index (Phi) is 3.44. The summed E-state index contributed by atoms with van der Waals surface area (Å²) in [5.41, 5.74) is 0.718. The van der Waals surface area contributed by atoms with Crippen molar-refractivity contribution >= 4 is 20.9 Å². The zero-order valence-electron chi connectivity index (χ0n) is 10.9. The van der Waals surface area contributed by atoms with Crippen molar-refractivity contribution in [3.63, 3.8) is 0 Å². The van der Waals surface area contributed by atoms with Crippen LogP contribution in [0.3, 0.4) is 0 Å². The minimum atomic E-state index is -3.61. The summed E-state index contributed by atoms with van der Waals surface area (Å²) in [6.45, 7) is 0.0111. The minimum absolute atomic E-state index is 0.0111. The molecule has 0 aliphatic carbocycles. The van der Waals surface area contributed by atoms with E-state index in [1.807, 2.05) is 0 Å². The number of benzene rings is 2. The maximum absolute atomic E-state index is 13.5. The number of halogens is 1. The average Bonchev–Trinajstić information content (AvgIpc) is 2.91. The molecule has 0 atom stereocenters. The van der Waals surface area contributed by atoms with Crippen molar-refractivity contribution in [1.29, 1.82) is 0 Å². The molecule has 21 heavy (non-hydrogen) atoms. The summed E-state index contributed by atoms with van der Waals surface area (Å²) in [4.78, 5) is 0.181. The van der Waals surface area contributed by atoms with Crippen LogP contribution in [-0.4, -0.2) is 18.6 Å². The van der Waals surface area contributed by atoms with E-state index in [1.54, 1.807) is 30.3 Å². The predicted molar refractivity (Wildman–Crippen MR) is 76.5 cm³/mol. The monoisotopic (exact) mass is 305 g/mol. The summed E-state index contributed by atoms with van der Waals surface area (Å²) < 4.78 is 40.2. The molecule has 0 saturated carbocycles. The van der Waals surface area contributed by atoms with Crippen LogP contribution in [0.4, 0.5) is 4.39 Å². The first-order valence-electron chi connectivity index (χ1n) is 6.24. The van der Waals surface area contributed by atoms with Crippen LogP contribution in [0.15, 0.2) is 53.4 Å². The Morgan fingerprint density at radius 2 is 1.86 bits per heavy atom. The van der Waals surface area contributed by atoms with Crippen molar-refractivity contribution in [2.45, 2.75) is 11.4 Å². The number of fused-ring (bicyclic) bond motifs is 1. The lowest BCUT2D eigenvalue weighted by atomic mass is 10.2. The van der Waals surface area contributed by atoms with Crippen molar-refractivity contribution in [3.05, 3.63) is 60.0 Å². The van der Waals surface area contributed by atoms with Gasteiger partial charge in [0.15, 0.2) is 5.82 Å². The average molecular weight is 305 g/mol. The normalized spacial score (nSPS) is 11.9.